The predicted octanol–water partition coefficient (Wildman–Crippen LogP) is 3.15. The summed E-state index contributed by atoms with van der Waals surface area (Å²) in [5.74, 6) is 0. The van der Waals surface area contributed by atoms with Crippen molar-refractivity contribution in [1.82, 2.24) is 14.5 Å². The lowest BCUT2D eigenvalue weighted by molar-refractivity contribution is 0.747. The van der Waals surface area contributed by atoms with Crippen LogP contribution in [-0.4, -0.2) is 14.5 Å². The van der Waals surface area contributed by atoms with Gasteiger partial charge in [0.25, 0.3) is 5.56 Å². The lowest BCUT2D eigenvalue weighted by Gasteiger charge is -2.08. The fourth-order valence-corrected chi connectivity index (χ4v) is 2.41. The Hall–Kier alpha value is -1.91. The number of hydrogen-bond donors (Lipinski definition) is 0. The van der Waals surface area contributed by atoms with Crippen LogP contribution in [0.5, 0.6) is 0 Å². The highest BCUT2D eigenvalue weighted by Gasteiger charge is 2.07. The third kappa shape index (κ3) is 2.40. The van der Waals surface area contributed by atoms with Crippen molar-refractivity contribution < 1.29 is 0 Å². The molecule has 20 heavy (non-hydrogen) atoms. The van der Waals surface area contributed by atoms with E-state index in [1.807, 2.05) is 0 Å². The molecule has 1 aromatic carbocycles. The molecular weight excluding hydrogens is 297 g/mol. The van der Waals surface area contributed by atoms with Gasteiger partial charge in [0, 0.05) is 16.2 Å². The SMILES string of the molecule is O=c1c2cccnc2ncn1Cc1ccc(Cl)cc1Cl. The van der Waals surface area contributed by atoms with E-state index in [2.05, 4.69) is 9.97 Å². The van der Waals surface area contributed by atoms with Crippen LogP contribution in [0.3, 0.4) is 0 Å². The van der Waals surface area contributed by atoms with Crippen molar-refractivity contribution in [2.75, 3.05) is 0 Å². The normalized spacial score (nSPS) is 10.9. The number of pyridine rings is 1. The van der Waals surface area contributed by atoms with Crippen LogP contribution < -0.4 is 5.56 Å². The summed E-state index contributed by atoms with van der Waals surface area (Å²) in [7, 11) is 0. The standard InChI is InChI=1S/C14H9Cl2N3O/c15-10-4-3-9(12(16)6-10)7-19-8-18-13-11(14(19)20)2-1-5-17-13/h1-6,8H,7H2. The van der Waals surface area contributed by atoms with Gasteiger partial charge in [0.2, 0.25) is 0 Å². The van der Waals surface area contributed by atoms with E-state index < -0.39 is 0 Å². The molecule has 2 heterocycles. The number of aromatic nitrogens is 3. The second-order valence-electron chi connectivity index (χ2n) is 4.29. The molecule has 0 fully saturated rings. The minimum atomic E-state index is -0.144. The molecule has 0 N–H and O–H groups in total. The van der Waals surface area contributed by atoms with Crippen LogP contribution in [0.1, 0.15) is 5.56 Å². The molecule has 4 nitrogen and oxygen atoms in total. The molecule has 0 radical (unpaired) electrons. The Bertz CT molecular complexity index is 845. The van der Waals surface area contributed by atoms with Gasteiger partial charge in [0.1, 0.15) is 6.33 Å². The minimum absolute atomic E-state index is 0.144. The molecule has 0 amide bonds. The van der Waals surface area contributed by atoms with Gasteiger partial charge in [-0.15, -0.1) is 0 Å². The smallest absolute Gasteiger partial charge is 0.263 e. The Labute approximate surface area is 124 Å². The van der Waals surface area contributed by atoms with Crippen molar-refractivity contribution in [3.05, 3.63) is 68.8 Å². The van der Waals surface area contributed by atoms with Crippen LogP contribution >= 0.6 is 23.2 Å². The highest BCUT2D eigenvalue weighted by molar-refractivity contribution is 6.35. The van der Waals surface area contributed by atoms with Crippen molar-refractivity contribution in [2.24, 2.45) is 0 Å². The molecule has 0 spiro atoms. The predicted molar refractivity (Wildman–Crippen MR) is 79.4 cm³/mol. The molecule has 0 aliphatic carbocycles. The zero-order chi connectivity index (χ0) is 14.1. The molecule has 6 heteroatoms. The molecule has 0 aliphatic rings. The zero-order valence-electron chi connectivity index (χ0n) is 10.3. The van der Waals surface area contributed by atoms with Crippen LogP contribution in [0.25, 0.3) is 11.0 Å². The lowest BCUT2D eigenvalue weighted by atomic mass is 10.2. The maximum Gasteiger partial charge on any atom is 0.263 e. The van der Waals surface area contributed by atoms with E-state index in [0.717, 1.165) is 5.56 Å². The van der Waals surface area contributed by atoms with Gasteiger partial charge in [-0.05, 0) is 29.8 Å². The lowest BCUT2D eigenvalue weighted by Crippen LogP contribution is -2.21. The van der Waals surface area contributed by atoms with Crippen LogP contribution in [0.2, 0.25) is 10.0 Å². The number of benzene rings is 1. The molecule has 2 aromatic heterocycles. The zero-order valence-corrected chi connectivity index (χ0v) is 11.8. The Morgan fingerprint density at radius 1 is 1.15 bits per heavy atom. The first-order chi connectivity index (χ1) is 9.65. The van der Waals surface area contributed by atoms with Crippen LogP contribution in [0.4, 0.5) is 0 Å². The van der Waals surface area contributed by atoms with Crippen molar-refractivity contribution in [3.63, 3.8) is 0 Å². The van der Waals surface area contributed by atoms with Gasteiger partial charge in [0.05, 0.1) is 11.9 Å². The van der Waals surface area contributed by atoms with E-state index in [4.69, 9.17) is 23.2 Å². The van der Waals surface area contributed by atoms with E-state index in [0.29, 0.717) is 27.6 Å². The van der Waals surface area contributed by atoms with Gasteiger partial charge in [-0.2, -0.15) is 0 Å². The molecule has 3 rings (SSSR count). The number of halogens is 2. The Morgan fingerprint density at radius 3 is 2.80 bits per heavy atom. The quantitative estimate of drug-likeness (QED) is 0.731. The molecule has 100 valence electrons. The third-order valence-corrected chi connectivity index (χ3v) is 3.54. The van der Waals surface area contributed by atoms with Gasteiger partial charge < -0.3 is 0 Å². The molecule has 0 bridgehead atoms. The molecule has 0 saturated carbocycles. The number of rotatable bonds is 2. The number of nitrogens with zero attached hydrogens (tertiary/aromatic N) is 3. The van der Waals surface area contributed by atoms with Crippen LogP contribution in [0.15, 0.2) is 47.7 Å². The summed E-state index contributed by atoms with van der Waals surface area (Å²) in [4.78, 5) is 20.5. The largest absolute Gasteiger partial charge is 0.294 e. The first-order valence-corrected chi connectivity index (χ1v) is 6.65. The Balaban J connectivity index is 2.07. The topological polar surface area (TPSA) is 47.8 Å². The second-order valence-corrected chi connectivity index (χ2v) is 5.13. The molecule has 0 aliphatic heterocycles. The minimum Gasteiger partial charge on any atom is -0.294 e. The monoisotopic (exact) mass is 305 g/mol. The van der Waals surface area contributed by atoms with E-state index >= 15 is 0 Å². The summed E-state index contributed by atoms with van der Waals surface area (Å²) in [6.07, 6.45) is 3.08. The van der Waals surface area contributed by atoms with Gasteiger partial charge >= 0.3 is 0 Å². The fourth-order valence-electron chi connectivity index (χ4n) is 1.94. The Morgan fingerprint density at radius 2 is 2.00 bits per heavy atom. The van der Waals surface area contributed by atoms with Gasteiger partial charge in [-0.1, -0.05) is 29.3 Å². The average Bonchev–Trinajstić information content (AvgIpc) is 2.45. The first-order valence-electron chi connectivity index (χ1n) is 5.89. The van der Waals surface area contributed by atoms with Crippen LogP contribution in [0, 0.1) is 0 Å². The summed E-state index contributed by atoms with van der Waals surface area (Å²) in [6, 6.07) is 8.61. The maximum atomic E-state index is 12.3. The second kappa shape index (κ2) is 5.23. The van der Waals surface area contributed by atoms with E-state index in [1.54, 1.807) is 36.5 Å². The summed E-state index contributed by atoms with van der Waals surface area (Å²) in [5.41, 5.74) is 1.10. The first kappa shape index (κ1) is 13.1. The van der Waals surface area contributed by atoms with Crippen molar-refractivity contribution in [3.8, 4) is 0 Å². The average molecular weight is 306 g/mol. The summed E-state index contributed by atoms with van der Waals surface area (Å²) >= 11 is 12.0. The van der Waals surface area contributed by atoms with Crippen molar-refractivity contribution in [2.45, 2.75) is 6.54 Å². The van der Waals surface area contributed by atoms with Gasteiger partial charge in [-0.25, -0.2) is 9.97 Å². The summed E-state index contributed by atoms with van der Waals surface area (Å²) < 4.78 is 1.50. The molecule has 0 unspecified atom stereocenters. The molecule has 3 aromatic rings. The third-order valence-electron chi connectivity index (χ3n) is 2.95. The van der Waals surface area contributed by atoms with E-state index in [-0.39, 0.29) is 5.56 Å². The van der Waals surface area contributed by atoms with Crippen molar-refractivity contribution >= 4 is 34.2 Å². The Kier molecular flexibility index (Phi) is 3.42. The molecule has 0 atom stereocenters. The molecular formula is C14H9Cl2N3O. The van der Waals surface area contributed by atoms with Crippen molar-refractivity contribution in [1.29, 1.82) is 0 Å². The highest BCUT2D eigenvalue weighted by atomic mass is 35.5. The van der Waals surface area contributed by atoms with E-state index in [1.165, 1.54) is 10.9 Å². The van der Waals surface area contributed by atoms with E-state index in [9.17, 15) is 4.79 Å². The fraction of sp³-hybridized carbons (Fsp3) is 0.0714. The number of hydrogen-bond acceptors (Lipinski definition) is 3. The molecule has 0 saturated heterocycles. The van der Waals surface area contributed by atoms with Crippen LogP contribution in [-0.2, 0) is 6.54 Å². The summed E-state index contributed by atoms with van der Waals surface area (Å²) in [5, 5.41) is 1.57. The van der Waals surface area contributed by atoms with Gasteiger partial charge in [-0.3, -0.25) is 9.36 Å². The number of fused-ring (bicyclic) bond motifs is 1. The highest BCUT2D eigenvalue weighted by Crippen LogP contribution is 2.21. The maximum absolute atomic E-state index is 12.3. The summed E-state index contributed by atoms with van der Waals surface area (Å²) in [6.45, 7) is 0.340. The van der Waals surface area contributed by atoms with Gasteiger partial charge in [0.15, 0.2) is 5.65 Å².